The van der Waals surface area contributed by atoms with E-state index in [2.05, 4.69) is 25.9 Å². The summed E-state index contributed by atoms with van der Waals surface area (Å²) in [5, 5.41) is 18.2. The Bertz CT molecular complexity index is 876. The molecule has 0 radical (unpaired) electrons. The van der Waals surface area contributed by atoms with Crippen LogP contribution in [-0.4, -0.2) is 38.4 Å². The highest BCUT2D eigenvalue weighted by atomic mass is 16.5. The molecule has 25 heavy (non-hydrogen) atoms. The Balaban J connectivity index is 1.73. The van der Waals surface area contributed by atoms with Crippen molar-refractivity contribution in [2.24, 2.45) is 0 Å². The molecule has 2 heterocycles. The molecule has 0 aliphatic rings. The Morgan fingerprint density at radius 2 is 1.96 bits per heavy atom. The van der Waals surface area contributed by atoms with Crippen LogP contribution in [0.15, 0.2) is 34.9 Å². The van der Waals surface area contributed by atoms with Crippen LogP contribution in [0.3, 0.4) is 0 Å². The van der Waals surface area contributed by atoms with Gasteiger partial charge in [0, 0.05) is 11.5 Å². The fourth-order valence-corrected chi connectivity index (χ4v) is 1.99. The van der Waals surface area contributed by atoms with Crippen molar-refractivity contribution in [3.63, 3.8) is 0 Å². The van der Waals surface area contributed by atoms with E-state index in [1.165, 1.54) is 4.80 Å². The van der Waals surface area contributed by atoms with E-state index in [0.717, 1.165) is 5.69 Å². The van der Waals surface area contributed by atoms with Crippen LogP contribution < -0.4 is 10.1 Å². The number of hydrogen-bond donors (Lipinski definition) is 1. The minimum Gasteiger partial charge on any atom is -0.497 e. The van der Waals surface area contributed by atoms with E-state index < -0.39 is 5.91 Å². The zero-order chi connectivity index (χ0) is 18.0. The van der Waals surface area contributed by atoms with E-state index in [4.69, 9.17) is 9.26 Å². The van der Waals surface area contributed by atoms with Crippen molar-refractivity contribution in [3.05, 3.63) is 41.9 Å². The first-order valence-electron chi connectivity index (χ1n) is 7.60. The molecule has 130 valence electrons. The van der Waals surface area contributed by atoms with Gasteiger partial charge in [-0.1, -0.05) is 25.9 Å². The van der Waals surface area contributed by atoms with Crippen molar-refractivity contribution >= 4 is 11.8 Å². The number of rotatable bonds is 4. The number of amides is 1. The minimum absolute atomic E-state index is 0.0791. The minimum atomic E-state index is -0.531. The smallest absolute Gasteiger partial charge is 0.299 e. The molecule has 0 saturated carbocycles. The summed E-state index contributed by atoms with van der Waals surface area (Å²) >= 11 is 0. The standard InChI is InChI=1S/C16H18N6O3/c1-16(2,3)12-9-13(25-20-12)17-15(23)14-18-21-22(19-14)10-5-7-11(24-4)8-6-10/h5-9H,1-4H3,(H,17,23). The van der Waals surface area contributed by atoms with E-state index in [0.29, 0.717) is 11.4 Å². The lowest BCUT2D eigenvalue weighted by Gasteiger charge is -2.12. The van der Waals surface area contributed by atoms with Crippen LogP contribution in [0.5, 0.6) is 5.75 Å². The zero-order valence-electron chi connectivity index (χ0n) is 14.3. The summed E-state index contributed by atoms with van der Waals surface area (Å²) in [5.41, 5.74) is 1.21. The molecule has 1 amide bonds. The van der Waals surface area contributed by atoms with Gasteiger partial charge in [-0.2, -0.15) is 0 Å². The lowest BCUT2D eigenvalue weighted by molar-refractivity contribution is 0.101. The first-order valence-corrected chi connectivity index (χ1v) is 7.60. The van der Waals surface area contributed by atoms with E-state index in [1.807, 2.05) is 20.8 Å². The van der Waals surface area contributed by atoms with Gasteiger partial charge in [0.1, 0.15) is 5.75 Å². The predicted molar refractivity (Wildman–Crippen MR) is 88.9 cm³/mol. The van der Waals surface area contributed by atoms with Gasteiger partial charge in [0.25, 0.3) is 11.7 Å². The SMILES string of the molecule is COc1ccc(-n2nnc(C(=O)Nc3cc(C(C)(C)C)no3)n2)cc1. The van der Waals surface area contributed by atoms with Crippen LogP contribution in [0, 0.1) is 0 Å². The number of benzene rings is 1. The van der Waals surface area contributed by atoms with Gasteiger partial charge < -0.3 is 9.26 Å². The third-order valence-electron chi connectivity index (χ3n) is 3.44. The van der Waals surface area contributed by atoms with Crippen molar-refractivity contribution in [1.29, 1.82) is 0 Å². The third-order valence-corrected chi connectivity index (χ3v) is 3.44. The number of nitrogens with one attached hydrogen (secondary N) is 1. The Kier molecular flexibility index (Phi) is 4.22. The average molecular weight is 342 g/mol. The quantitative estimate of drug-likeness (QED) is 0.774. The summed E-state index contributed by atoms with van der Waals surface area (Å²) in [6, 6.07) is 8.72. The molecule has 0 aliphatic heterocycles. The van der Waals surface area contributed by atoms with Crippen molar-refractivity contribution in [2.45, 2.75) is 26.2 Å². The van der Waals surface area contributed by atoms with Gasteiger partial charge in [-0.3, -0.25) is 10.1 Å². The van der Waals surface area contributed by atoms with Gasteiger partial charge in [0.15, 0.2) is 0 Å². The molecular formula is C16H18N6O3. The molecule has 9 nitrogen and oxygen atoms in total. The van der Waals surface area contributed by atoms with E-state index >= 15 is 0 Å². The second-order valence-electron chi connectivity index (χ2n) is 6.38. The van der Waals surface area contributed by atoms with Crippen LogP contribution in [0.4, 0.5) is 5.88 Å². The molecule has 3 aromatic rings. The highest BCUT2D eigenvalue weighted by molar-refractivity contribution is 6.00. The fraction of sp³-hybridized carbons (Fsp3) is 0.312. The molecule has 2 aromatic heterocycles. The van der Waals surface area contributed by atoms with Gasteiger partial charge >= 0.3 is 0 Å². The molecule has 0 bridgehead atoms. The van der Waals surface area contributed by atoms with E-state index in [1.54, 1.807) is 37.4 Å². The zero-order valence-corrected chi connectivity index (χ0v) is 14.3. The van der Waals surface area contributed by atoms with Crippen LogP contribution in [0.25, 0.3) is 5.69 Å². The van der Waals surface area contributed by atoms with Gasteiger partial charge in [0.2, 0.25) is 5.88 Å². The van der Waals surface area contributed by atoms with Crippen molar-refractivity contribution in [2.75, 3.05) is 12.4 Å². The van der Waals surface area contributed by atoms with Gasteiger partial charge in [-0.05, 0) is 29.5 Å². The third kappa shape index (κ3) is 3.65. The average Bonchev–Trinajstić information content (AvgIpc) is 3.24. The Morgan fingerprint density at radius 1 is 1.24 bits per heavy atom. The van der Waals surface area contributed by atoms with Crippen LogP contribution >= 0.6 is 0 Å². The topological polar surface area (TPSA) is 108 Å². The van der Waals surface area contributed by atoms with Crippen LogP contribution in [0.1, 0.15) is 37.1 Å². The van der Waals surface area contributed by atoms with Crippen LogP contribution in [-0.2, 0) is 5.41 Å². The lowest BCUT2D eigenvalue weighted by atomic mass is 9.92. The highest BCUT2D eigenvalue weighted by Gasteiger charge is 2.21. The molecule has 0 unspecified atom stereocenters. The maximum atomic E-state index is 12.2. The summed E-state index contributed by atoms with van der Waals surface area (Å²) in [7, 11) is 1.58. The normalized spacial score (nSPS) is 11.4. The predicted octanol–water partition coefficient (Wildman–Crippen LogP) is 2.21. The second-order valence-corrected chi connectivity index (χ2v) is 6.38. The highest BCUT2D eigenvalue weighted by Crippen LogP contribution is 2.23. The monoisotopic (exact) mass is 342 g/mol. The molecule has 0 saturated heterocycles. The van der Waals surface area contributed by atoms with Gasteiger partial charge in [-0.25, -0.2) is 0 Å². The molecule has 0 spiro atoms. The van der Waals surface area contributed by atoms with Crippen molar-refractivity contribution < 1.29 is 14.1 Å². The Morgan fingerprint density at radius 3 is 2.56 bits per heavy atom. The number of aromatic nitrogens is 5. The van der Waals surface area contributed by atoms with Gasteiger partial charge in [-0.15, -0.1) is 15.0 Å². The second kappa shape index (κ2) is 6.34. The number of methoxy groups -OCH3 is 1. The number of ether oxygens (including phenoxy) is 1. The van der Waals surface area contributed by atoms with Gasteiger partial charge in [0.05, 0.1) is 18.5 Å². The van der Waals surface area contributed by atoms with E-state index in [9.17, 15) is 4.79 Å². The first kappa shape index (κ1) is 16.6. The summed E-state index contributed by atoms with van der Waals surface area (Å²) in [6.45, 7) is 6.00. The molecule has 9 heteroatoms. The summed E-state index contributed by atoms with van der Waals surface area (Å²) in [4.78, 5) is 13.5. The molecule has 1 N–H and O–H groups in total. The van der Waals surface area contributed by atoms with Crippen LogP contribution in [0.2, 0.25) is 0 Å². The molecular weight excluding hydrogens is 324 g/mol. The van der Waals surface area contributed by atoms with Crippen molar-refractivity contribution in [3.8, 4) is 11.4 Å². The molecule has 0 atom stereocenters. The maximum Gasteiger partial charge on any atom is 0.299 e. The molecule has 0 aliphatic carbocycles. The number of carbonyl (C=O) groups is 1. The number of tetrazole rings is 1. The van der Waals surface area contributed by atoms with E-state index in [-0.39, 0.29) is 17.1 Å². The molecule has 3 rings (SSSR count). The van der Waals surface area contributed by atoms with Crippen molar-refractivity contribution in [1.82, 2.24) is 25.4 Å². The molecule has 1 aromatic carbocycles. The number of carbonyl (C=O) groups excluding carboxylic acids is 1. The Hall–Kier alpha value is -3.23. The first-order chi connectivity index (χ1) is 11.9. The Labute approximate surface area is 144 Å². The summed E-state index contributed by atoms with van der Waals surface area (Å²) < 4.78 is 10.2. The maximum absolute atomic E-state index is 12.2. The largest absolute Gasteiger partial charge is 0.497 e. The number of hydrogen-bond acceptors (Lipinski definition) is 7. The fourth-order valence-electron chi connectivity index (χ4n) is 1.99. The number of anilines is 1. The summed E-state index contributed by atoms with van der Waals surface area (Å²) in [6.07, 6.45) is 0. The lowest BCUT2D eigenvalue weighted by Crippen LogP contribution is -2.14. The molecule has 0 fully saturated rings. The number of nitrogens with zero attached hydrogens (tertiary/aromatic N) is 5. The summed E-state index contributed by atoms with van der Waals surface area (Å²) in [5.74, 6) is 0.332.